The second kappa shape index (κ2) is 7.13. The van der Waals surface area contributed by atoms with Gasteiger partial charge >= 0.3 is 0 Å². The van der Waals surface area contributed by atoms with E-state index in [0.717, 1.165) is 24.2 Å². The maximum Gasteiger partial charge on any atom is 0.121 e. The third-order valence-electron chi connectivity index (χ3n) is 3.77. The largest absolute Gasteiger partial charge is 0.508 e. The molecule has 1 saturated heterocycles. The van der Waals surface area contributed by atoms with Crippen LogP contribution in [0.1, 0.15) is 17.2 Å². The fourth-order valence-electron chi connectivity index (χ4n) is 2.59. The molecule has 2 aromatic carbocycles. The van der Waals surface area contributed by atoms with E-state index in [9.17, 15) is 5.11 Å². The van der Waals surface area contributed by atoms with Crippen molar-refractivity contribution in [1.29, 1.82) is 0 Å². The Morgan fingerprint density at radius 3 is 2.36 bits per heavy atom. The summed E-state index contributed by atoms with van der Waals surface area (Å²) in [6, 6.07) is 17.2. The fraction of sp³-hybridized carbons (Fsp3) is 0.263. The Kier molecular flexibility index (Phi) is 4.75. The van der Waals surface area contributed by atoms with Gasteiger partial charge in [0.05, 0.1) is 13.2 Å². The molecule has 0 aliphatic carbocycles. The number of nitrogens with zero attached hydrogens (tertiary/aromatic N) is 1. The van der Waals surface area contributed by atoms with Crippen LogP contribution in [-0.4, -0.2) is 36.3 Å². The van der Waals surface area contributed by atoms with Gasteiger partial charge in [0.25, 0.3) is 0 Å². The molecule has 0 aromatic heterocycles. The minimum absolute atomic E-state index is 0.120. The van der Waals surface area contributed by atoms with Crippen LogP contribution in [0.25, 0.3) is 0 Å². The SMILES string of the molecule is Oc1ccccc1[C@H](C#Cc1ccccc1)N1CCOCC1. The minimum Gasteiger partial charge on any atom is -0.508 e. The number of benzene rings is 2. The lowest BCUT2D eigenvalue weighted by atomic mass is 10.0. The van der Waals surface area contributed by atoms with E-state index >= 15 is 0 Å². The van der Waals surface area contributed by atoms with Gasteiger partial charge in [0.15, 0.2) is 0 Å². The van der Waals surface area contributed by atoms with Crippen LogP contribution in [0.15, 0.2) is 54.6 Å². The summed E-state index contributed by atoms with van der Waals surface area (Å²) in [6.07, 6.45) is 0. The minimum atomic E-state index is -0.120. The molecule has 22 heavy (non-hydrogen) atoms. The molecule has 3 nitrogen and oxygen atoms in total. The smallest absolute Gasteiger partial charge is 0.121 e. The van der Waals surface area contributed by atoms with Crippen molar-refractivity contribution in [2.75, 3.05) is 26.3 Å². The van der Waals surface area contributed by atoms with Gasteiger partial charge in [-0.2, -0.15) is 0 Å². The fourth-order valence-corrected chi connectivity index (χ4v) is 2.59. The van der Waals surface area contributed by atoms with Crippen LogP contribution in [0.4, 0.5) is 0 Å². The summed E-state index contributed by atoms with van der Waals surface area (Å²) >= 11 is 0. The number of para-hydroxylation sites is 1. The van der Waals surface area contributed by atoms with Crippen LogP contribution in [0.3, 0.4) is 0 Å². The number of rotatable bonds is 2. The monoisotopic (exact) mass is 293 g/mol. The highest BCUT2D eigenvalue weighted by Gasteiger charge is 2.22. The van der Waals surface area contributed by atoms with Gasteiger partial charge in [-0.05, 0) is 18.2 Å². The molecule has 1 aliphatic rings. The van der Waals surface area contributed by atoms with Crippen LogP contribution in [0.2, 0.25) is 0 Å². The molecule has 0 bridgehead atoms. The molecular weight excluding hydrogens is 274 g/mol. The van der Waals surface area contributed by atoms with Crippen molar-refractivity contribution >= 4 is 0 Å². The summed E-state index contributed by atoms with van der Waals surface area (Å²) in [6.45, 7) is 3.05. The van der Waals surface area contributed by atoms with Gasteiger partial charge in [-0.15, -0.1) is 0 Å². The van der Waals surface area contributed by atoms with E-state index in [4.69, 9.17) is 4.74 Å². The molecule has 1 heterocycles. The summed E-state index contributed by atoms with van der Waals surface area (Å²) in [7, 11) is 0. The average molecular weight is 293 g/mol. The number of phenolic OH excluding ortho intramolecular Hbond substituents is 1. The second-order valence-electron chi connectivity index (χ2n) is 5.25. The Bertz CT molecular complexity index is 667. The zero-order valence-corrected chi connectivity index (χ0v) is 12.4. The van der Waals surface area contributed by atoms with Gasteiger partial charge in [0.2, 0.25) is 0 Å². The van der Waals surface area contributed by atoms with Gasteiger partial charge in [-0.25, -0.2) is 0 Å². The average Bonchev–Trinajstić information content (AvgIpc) is 2.58. The second-order valence-corrected chi connectivity index (χ2v) is 5.25. The van der Waals surface area contributed by atoms with E-state index in [-0.39, 0.29) is 6.04 Å². The van der Waals surface area contributed by atoms with Crippen molar-refractivity contribution in [3.63, 3.8) is 0 Å². The first-order chi connectivity index (χ1) is 10.8. The Morgan fingerprint density at radius 2 is 1.64 bits per heavy atom. The highest BCUT2D eigenvalue weighted by Crippen LogP contribution is 2.28. The van der Waals surface area contributed by atoms with E-state index in [2.05, 4.69) is 16.7 Å². The molecular formula is C19H19NO2. The van der Waals surface area contributed by atoms with E-state index < -0.39 is 0 Å². The number of ether oxygens (including phenoxy) is 1. The van der Waals surface area contributed by atoms with Crippen molar-refractivity contribution in [2.45, 2.75) is 6.04 Å². The van der Waals surface area contributed by atoms with Gasteiger partial charge in [0, 0.05) is 24.2 Å². The van der Waals surface area contributed by atoms with Gasteiger partial charge in [-0.3, -0.25) is 4.90 Å². The number of hydrogen-bond donors (Lipinski definition) is 1. The molecule has 0 spiro atoms. The summed E-state index contributed by atoms with van der Waals surface area (Å²) in [5.41, 5.74) is 1.84. The summed E-state index contributed by atoms with van der Waals surface area (Å²) in [4.78, 5) is 2.26. The third kappa shape index (κ3) is 3.48. The van der Waals surface area contributed by atoms with E-state index in [1.54, 1.807) is 6.07 Å². The van der Waals surface area contributed by atoms with Crippen LogP contribution >= 0.6 is 0 Å². The van der Waals surface area contributed by atoms with E-state index in [1.807, 2.05) is 48.5 Å². The number of hydrogen-bond acceptors (Lipinski definition) is 3. The van der Waals surface area contributed by atoms with Crippen LogP contribution in [-0.2, 0) is 4.74 Å². The molecule has 1 fully saturated rings. The normalized spacial score (nSPS) is 16.5. The third-order valence-corrected chi connectivity index (χ3v) is 3.77. The topological polar surface area (TPSA) is 32.7 Å². The van der Waals surface area contributed by atoms with Crippen molar-refractivity contribution in [2.24, 2.45) is 0 Å². The number of aromatic hydroxyl groups is 1. The quantitative estimate of drug-likeness (QED) is 0.864. The first-order valence-electron chi connectivity index (χ1n) is 7.51. The summed E-state index contributed by atoms with van der Waals surface area (Å²) < 4.78 is 5.43. The molecule has 0 amide bonds. The van der Waals surface area contributed by atoms with Crippen molar-refractivity contribution in [3.8, 4) is 17.6 Å². The van der Waals surface area contributed by atoms with Gasteiger partial charge in [-0.1, -0.05) is 48.2 Å². The molecule has 2 aromatic rings. The van der Waals surface area contributed by atoms with Crippen molar-refractivity contribution < 1.29 is 9.84 Å². The molecule has 1 aliphatic heterocycles. The molecule has 0 unspecified atom stereocenters. The lowest BCUT2D eigenvalue weighted by Gasteiger charge is -2.32. The Balaban J connectivity index is 1.93. The highest BCUT2D eigenvalue weighted by atomic mass is 16.5. The number of morpholine rings is 1. The maximum atomic E-state index is 10.2. The highest BCUT2D eigenvalue weighted by molar-refractivity contribution is 5.42. The van der Waals surface area contributed by atoms with E-state index in [1.165, 1.54) is 0 Å². The lowest BCUT2D eigenvalue weighted by molar-refractivity contribution is 0.0266. The van der Waals surface area contributed by atoms with Crippen LogP contribution in [0, 0.1) is 11.8 Å². The van der Waals surface area contributed by atoms with Crippen LogP contribution in [0.5, 0.6) is 5.75 Å². The lowest BCUT2D eigenvalue weighted by Crippen LogP contribution is -2.38. The molecule has 112 valence electrons. The first-order valence-corrected chi connectivity index (χ1v) is 7.51. The van der Waals surface area contributed by atoms with Crippen molar-refractivity contribution in [3.05, 3.63) is 65.7 Å². The first kappa shape index (κ1) is 14.6. The Morgan fingerprint density at radius 1 is 0.955 bits per heavy atom. The summed E-state index contributed by atoms with van der Waals surface area (Å²) in [5, 5.41) is 10.2. The zero-order valence-electron chi connectivity index (χ0n) is 12.4. The zero-order chi connectivity index (χ0) is 15.2. The van der Waals surface area contributed by atoms with E-state index in [0.29, 0.717) is 19.0 Å². The Labute approximate surface area is 131 Å². The van der Waals surface area contributed by atoms with Gasteiger partial charge in [0.1, 0.15) is 11.8 Å². The standard InChI is InChI=1S/C19H19NO2/c21-19-9-5-4-8-17(19)18(20-12-14-22-15-13-20)11-10-16-6-2-1-3-7-16/h1-9,18,21H,12-15H2/t18-/m0/s1. The summed E-state index contributed by atoms with van der Waals surface area (Å²) in [5.74, 6) is 6.84. The van der Waals surface area contributed by atoms with Crippen molar-refractivity contribution in [1.82, 2.24) is 4.90 Å². The molecule has 1 N–H and O–H groups in total. The van der Waals surface area contributed by atoms with Crippen LogP contribution < -0.4 is 0 Å². The molecule has 0 radical (unpaired) electrons. The Hall–Kier alpha value is -2.28. The molecule has 1 atom stereocenters. The molecule has 3 heteroatoms. The molecule has 3 rings (SSSR count). The predicted octanol–water partition coefficient (Wildman–Crippen LogP) is 2.82. The molecule has 0 saturated carbocycles. The predicted molar refractivity (Wildman–Crippen MR) is 86.6 cm³/mol. The van der Waals surface area contributed by atoms with Gasteiger partial charge < -0.3 is 9.84 Å². The number of phenols is 1. The maximum absolute atomic E-state index is 10.2.